The van der Waals surface area contributed by atoms with Crippen LogP contribution < -0.4 is 10.5 Å². The Bertz CT molecular complexity index is 701. The van der Waals surface area contributed by atoms with Crippen LogP contribution >= 0.6 is 11.6 Å². The summed E-state index contributed by atoms with van der Waals surface area (Å²) in [5, 5.41) is 0.135. The summed E-state index contributed by atoms with van der Waals surface area (Å²) >= 11 is 5.79. The molecule has 2 aromatic rings. The Balaban J connectivity index is 2.41. The van der Waals surface area contributed by atoms with Gasteiger partial charge in [0.25, 0.3) is 10.0 Å². The zero-order valence-electron chi connectivity index (χ0n) is 9.47. The van der Waals surface area contributed by atoms with E-state index < -0.39 is 15.8 Å². The van der Waals surface area contributed by atoms with Gasteiger partial charge in [-0.3, -0.25) is 4.72 Å². The molecule has 0 aliphatic heterocycles. The molecule has 0 bridgehead atoms. The van der Waals surface area contributed by atoms with Gasteiger partial charge in [-0.1, -0.05) is 11.6 Å². The zero-order chi connectivity index (χ0) is 14.0. The number of nitrogens with two attached hydrogens (primary N) is 1. The van der Waals surface area contributed by atoms with E-state index >= 15 is 0 Å². The maximum Gasteiger partial charge on any atom is 0.263 e. The Labute approximate surface area is 114 Å². The molecule has 1 aromatic carbocycles. The van der Waals surface area contributed by atoms with Crippen molar-refractivity contribution in [1.82, 2.24) is 4.98 Å². The molecule has 0 unspecified atom stereocenters. The van der Waals surface area contributed by atoms with E-state index in [0.29, 0.717) is 0 Å². The Hall–Kier alpha value is -1.86. The summed E-state index contributed by atoms with van der Waals surface area (Å²) in [6, 6.07) is 6.05. The second-order valence-corrected chi connectivity index (χ2v) is 5.75. The molecule has 1 heterocycles. The molecule has 2 rings (SSSR count). The lowest BCUT2D eigenvalue weighted by Gasteiger charge is -2.09. The summed E-state index contributed by atoms with van der Waals surface area (Å²) in [6.07, 6.45) is 1.38. The third-order valence-corrected chi connectivity index (χ3v) is 3.82. The van der Waals surface area contributed by atoms with Crippen LogP contribution in [0.4, 0.5) is 15.9 Å². The van der Waals surface area contributed by atoms with Crippen molar-refractivity contribution in [3.8, 4) is 0 Å². The van der Waals surface area contributed by atoms with Gasteiger partial charge in [-0.15, -0.1) is 0 Å². The van der Waals surface area contributed by atoms with Gasteiger partial charge in [0.2, 0.25) is 0 Å². The Morgan fingerprint density at radius 1 is 1.32 bits per heavy atom. The van der Waals surface area contributed by atoms with Crippen LogP contribution in [0, 0.1) is 5.82 Å². The van der Waals surface area contributed by atoms with Crippen LogP contribution in [0.1, 0.15) is 0 Å². The molecule has 5 nitrogen and oxygen atoms in total. The minimum absolute atomic E-state index is 0.00694. The van der Waals surface area contributed by atoms with Crippen LogP contribution in [-0.4, -0.2) is 13.4 Å². The number of anilines is 2. The zero-order valence-corrected chi connectivity index (χ0v) is 11.0. The number of rotatable bonds is 3. The molecular weight excluding hydrogens is 293 g/mol. The predicted octanol–water partition coefficient (Wildman–Crippen LogP) is 2.26. The first-order valence-electron chi connectivity index (χ1n) is 5.08. The van der Waals surface area contributed by atoms with Gasteiger partial charge < -0.3 is 5.73 Å². The molecule has 100 valence electrons. The number of benzene rings is 1. The number of nitrogen functional groups attached to an aromatic ring is 1. The van der Waals surface area contributed by atoms with Crippen LogP contribution in [0.15, 0.2) is 41.4 Å². The van der Waals surface area contributed by atoms with Gasteiger partial charge in [0.05, 0.1) is 9.92 Å². The standard InChI is InChI=1S/C11H9ClFN3O2S/c12-10-2-1-3-15-11(10)16-19(17,18)9-5-7(13)4-8(14)6-9/h1-6H,14H2,(H,15,16). The van der Waals surface area contributed by atoms with Crippen molar-refractivity contribution in [3.05, 3.63) is 47.4 Å². The van der Waals surface area contributed by atoms with Gasteiger partial charge in [0.1, 0.15) is 5.82 Å². The number of pyridine rings is 1. The van der Waals surface area contributed by atoms with Gasteiger partial charge in [-0.05, 0) is 30.3 Å². The molecule has 0 saturated carbocycles. The smallest absolute Gasteiger partial charge is 0.263 e. The number of nitrogens with one attached hydrogen (secondary N) is 1. The molecule has 0 aliphatic rings. The molecule has 0 spiro atoms. The largest absolute Gasteiger partial charge is 0.399 e. The molecule has 8 heteroatoms. The average molecular weight is 302 g/mol. The fourth-order valence-electron chi connectivity index (χ4n) is 1.39. The van der Waals surface area contributed by atoms with Gasteiger partial charge in [0.15, 0.2) is 5.82 Å². The van der Waals surface area contributed by atoms with Crippen molar-refractivity contribution in [3.63, 3.8) is 0 Å². The van der Waals surface area contributed by atoms with E-state index in [2.05, 4.69) is 9.71 Å². The lowest BCUT2D eigenvalue weighted by Crippen LogP contribution is -2.14. The fraction of sp³-hybridized carbons (Fsp3) is 0. The highest BCUT2D eigenvalue weighted by Crippen LogP contribution is 2.23. The van der Waals surface area contributed by atoms with Gasteiger partial charge in [0, 0.05) is 11.9 Å². The SMILES string of the molecule is Nc1cc(F)cc(S(=O)(=O)Nc2ncccc2Cl)c1. The van der Waals surface area contributed by atoms with Gasteiger partial charge in [-0.2, -0.15) is 0 Å². The Kier molecular flexibility index (Phi) is 3.59. The Morgan fingerprint density at radius 3 is 2.68 bits per heavy atom. The Morgan fingerprint density at radius 2 is 2.05 bits per heavy atom. The summed E-state index contributed by atoms with van der Waals surface area (Å²) < 4.78 is 39.4. The van der Waals surface area contributed by atoms with Crippen LogP contribution in [0.2, 0.25) is 5.02 Å². The van der Waals surface area contributed by atoms with E-state index in [1.165, 1.54) is 12.3 Å². The highest BCUT2D eigenvalue weighted by molar-refractivity contribution is 7.92. The van der Waals surface area contributed by atoms with Crippen LogP contribution in [0.25, 0.3) is 0 Å². The third-order valence-electron chi connectivity index (χ3n) is 2.19. The summed E-state index contributed by atoms with van der Waals surface area (Å²) in [6.45, 7) is 0. The third kappa shape index (κ3) is 3.12. The number of sulfonamides is 1. The topological polar surface area (TPSA) is 85.1 Å². The maximum absolute atomic E-state index is 13.2. The quantitative estimate of drug-likeness (QED) is 0.852. The second kappa shape index (κ2) is 5.02. The van der Waals surface area contributed by atoms with E-state index in [1.54, 1.807) is 6.07 Å². The van der Waals surface area contributed by atoms with E-state index in [9.17, 15) is 12.8 Å². The van der Waals surface area contributed by atoms with Crippen molar-refractivity contribution in [2.75, 3.05) is 10.5 Å². The van der Waals surface area contributed by atoms with Crippen LogP contribution in [0.5, 0.6) is 0 Å². The number of aromatic nitrogens is 1. The van der Waals surface area contributed by atoms with Crippen molar-refractivity contribution < 1.29 is 12.8 Å². The molecule has 0 fully saturated rings. The van der Waals surface area contributed by atoms with Crippen molar-refractivity contribution >= 4 is 33.1 Å². The van der Waals surface area contributed by atoms with E-state index in [-0.39, 0.29) is 21.4 Å². The van der Waals surface area contributed by atoms with Crippen LogP contribution in [-0.2, 0) is 10.0 Å². The minimum atomic E-state index is -4.00. The summed E-state index contributed by atoms with van der Waals surface area (Å²) in [5.74, 6) is -0.778. The molecule has 0 saturated heterocycles. The first-order chi connectivity index (χ1) is 8.88. The highest BCUT2D eigenvalue weighted by atomic mass is 35.5. The monoisotopic (exact) mass is 301 g/mol. The average Bonchev–Trinajstić information content (AvgIpc) is 2.31. The number of hydrogen-bond donors (Lipinski definition) is 2. The molecule has 19 heavy (non-hydrogen) atoms. The molecule has 0 amide bonds. The predicted molar refractivity (Wildman–Crippen MR) is 70.9 cm³/mol. The second-order valence-electron chi connectivity index (χ2n) is 3.66. The van der Waals surface area contributed by atoms with Gasteiger partial charge >= 0.3 is 0 Å². The molecule has 1 aromatic heterocycles. The van der Waals surface area contributed by atoms with E-state index in [1.807, 2.05) is 0 Å². The molecule has 0 atom stereocenters. The number of hydrogen-bond acceptors (Lipinski definition) is 4. The fourth-order valence-corrected chi connectivity index (χ4v) is 2.71. The number of halogens is 2. The van der Waals surface area contributed by atoms with E-state index in [4.69, 9.17) is 17.3 Å². The highest BCUT2D eigenvalue weighted by Gasteiger charge is 2.17. The van der Waals surface area contributed by atoms with Crippen LogP contribution in [0.3, 0.4) is 0 Å². The molecule has 0 aliphatic carbocycles. The summed E-state index contributed by atoms with van der Waals surface area (Å²) in [4.78, 5) is 3.49. The van der Waals surface area contributed by atoms with Crippen molar-refractivity contribution in [2.45, 2.75) is 4.90 Å². The van der Waals surface area contributed by atoms with Crippen molar-refractivity contribution in [1.29, 1.82) is 0 Å². The first kappa shape index (κ1) is 13.6. The van der Waals surface area contributed by atoms with Crippen molar-refractivity contribution in [2.24, 2.45) is 0 Å². The van der Waals surface area contributed by atoms with Gasteiger partial charge in [-0.25, -0.2) is 17.8 Å². The lowest BCUT2D eigenvalue weighted by molar-refractivity contribution is 0.595. The molecular formula is C11H9ClFN3O2S. The number of nitrogens with zero attached hydrogens (tertiary/aromatic N) is 1. The molecule has 0 radical (unpaired) electrons. The summed E-state index contributed by atoms with van der Waals surface area (Å²) in [5.41, 5.74) is 5.41. The minimum Gasteiger partial charge on any atom is -0.399 e. The molecule has 3 N–H and O–H groups in total. The lowest BCUT2D eigenvalue weighted by atomic mass is 10.3. The maximum atomic E-state index is 13.2. The first-order valence-corrected chi connectivity index (χ1v) is 6.94. The summed E-state index contributed by atoms with van der Waals surface area (Å²) in [7, 11) is -4.00. The normalized spacial score (nSPS) is 11.3. The van der Waals surface area contributed by atoms with E-state index in [0.717, 1.165) is 18.2 Å².